The normalized spacial score (nSPS) is 14.0. The van der Waals surface area contributed by atoms with Crippen LogP contribution in [0.2, 0.25) is 0 Å². The molecule has 1 aromatic heterocycles. The fourth-order valence-electron chi connectivity index (χ4n) is 2.95. The van der Waals surface area contributed by atoms with Crippen molar-refractivity contribution in [1.82, 2.24) is 20.9 Å². The summed E-state index contributed by atoms with van der Waals surface area (Å²) in [7, 11) is 0. The number of H-pyrrole nitrogens is 1. The van der Waals surface area contributed by atoms with Crippen molar-refractivity contribution in [2.24, 2.45) is 11.7 Å². The number of rotatable bonds is 10. The lowest BCUT2D eigenvalue weighted by Gasteiger charge is -2.22. The molecule has 0 saturated carbocycles. The third kappa shape index (κ3) is 6.54. The van der Waals surface area contributed by atoms with Crippen molar-refractivity contribution in [1.29, 1.82) is 0 Å². The summed E-state index contributed by atoms with van der Waals surface area (Å²) < 4.78 is 0. The second-order valence-electron chi connectivity index (χ2n) is 7.74. The van der Waals surface area contributed by atoms with Gasteiger partial charge < -0.3 is 31.8 Å². The number of aliphatic carboxylic acids is 1. The molecule has 3 unspecified atom stereocenters. The van der Waals surface area contributed by atoms with Crippen LogP contribution in [0.4, 0.5) is 0 Å². The van der Waals surface area contributed by atoms with E-state index in [0.717, 1.165) is 16.5 Å². The zero-order valence-electron chi connectivity index (χ0n) is 17.8. The van der Waals surface area contributed by atoms with Crippen LogP contribution >= 0.6 is 0 Å². The van der Waals surface area contributed by atoms with E-state index in [1.807, 2.05) is 24.3 Å². The molecular weight excluding hydrogens is 402 g/mol. The van der Waals surface area contributed by atoms with E-state index < -0.39 is 48.4 Å². The third-order valence-corrected chi connectivity index (χ3v) is 4.92. The third-order valence-electron chi connectivity index (χ3n) is 4.92. The number of carboxylic acid groups (broad SMARTS) is 1. The van der Waals surface area contributed by atoms with E-state index in [4.69, 9.17) is 10.8 Å². The Morgan fingerprint density at radius 3 is 2.39 bits per heavy atom. The summed E-state index contributed by atoms with van der Waals surface area (Å²) in [5, 5.41) is 17.1. The molecule has 3 atom stereocenters. The predicted octanol–water partition coefficient (Wildman–Crippen LogP) is -0.116. The van der Waals surface area contributed by atoms with Crippen molar-refractivity contribution in [2.45, 2.75) is 45.3 Å². The van der Waals surface area contributed by atoms with Gasteiger partial charge in [-0.2, -0.15) is 0 Å². The van der Waals surface area contributed by atoms with Gasteiger partial charge >= 0.3 is 5.97 Å². The number of hydrogen-bond donors (Lipinski definition) is 6. The Balaban J connectivity index is 2.12. The molecule has 2 rings (SSSR count). The molecule has 0 radical (unpaired) electrons. The smallest absolute Gasteiger partial charge is 0.325 e. The van der Waals surface area contributed by atoms with Crippen LogP contribution in [0, 0.1) is 5.92 Å². The predicted molar refractivity (Wildman–Crippen MR) is 115 cm³/mol. The topological polar surface area (TPSA) is 166 Å². The molecule has 7 N–H and O–H groups in total. The molecule has 31 heavy (non-hydrogen) atoms. The van der Waals surface area contributed by atoms with Gasteiger partial charge in [-0.25, -0.2) is 0 Å². The minimum atomic E-state index is -1.19. The van der Waals surface area contributed by atoms with Crippen molar-refractivity contribution in [3.05, 3.63) is 36.0 Å². The number of benzene rings is 1. The highest BCUT2D eigenvalue weighted by Gasteiger charge is 2.27. The average molecular weight is 431 g/mol. The number of para-hydroxylation sites is 1. The van der Waals surface area contributed by atoms with Crippen LogP contribution in [0.5, 0.6) is 0 Å². The van der Waals surface area contributed by atoms with Crippen LogP contribution in [0.1, 0.15) is 26.3 Å². The van der Waals surface area contributed by atoms with Gasteiger partial charge in [0.1, 0.15) is 12.1 Å². The summed E-state index contributed by atoms with van der Waals surface area (Å²) in [5.74, 6) is -3.02. The van der Waals surface area contributed by atoms with Gasteiger partial charge in [0, 0.05) is 23.5 Å². The number of carbonyl (C=O) groups is 4. The lowest BCUT2D eigenvalue weighted by atomic mass is 10.0. The standard InChI is InChI=1S/C21H29N5O5/c1-11(2)18(22)20(29)26-16(8-13-9-23-15-7-5-4-6-14(13)15)19(28)24-10-17(27)25-12(3)21(30)31/h4-7,9,11-12,16,18,23H,8,10,22H2,1-3H3,(H,24,28)(H,25,27)(H,26,29)(H,30,31). The fourth-order valence-corrected chi connectivity index (χ4v) is 2.95. The molecule has 1 heterocycles. The summed E-state index contributed by atoms with van der Waals surface area (Å²) in [5.41, 5.74) is 7.62. The molecule has 0 aliphatic carbocycles. The number of aromatic nitrogens is 1. The quantitative estimate of drug-likeness (QED) is 0.307. The first-order chi connectivity index (χ1) is 14.6. The Morgan fingerprint density at radius 1 is 1.06 bits per heavy atom. The van der Waals surface area contributed by atoms with Gasteiger partial charge in [-0.3, -0.25) is 19.2 Å². The van der Waals surface area contributed by atoms with Crippen LogP contribution < -0.4 is 21.7 Å². The van der Waals surface area contributed by atoms with Gasteiger partial charge in [-0.05, 0) is 24.5 Å². The van der Waals surface area contributed by atoms with Crippen molar-refractivity contribution in [3.63, 3.8) is 0 Å². The molecule has 0 fully saturated rings. The number of nitrogens with two attached hydrogens (primary N) is 1. The van der Waals surface area contributed by atoms with Crippen molar-refractivity contribution < 1.29 is 24.3 Å². The lowest BCUT2D eigenvalue weighted by molar-refractivity contribution is -0.141. The Labute approximate surface area is 179 Å². The number of aromatic amines is 1. The summed E-state index contributed by atoms with van der Waals surface area (Å²) >= 11 is 0. The van der Waals surface area contributed by atoms with E-state index in [1.54, 1.807) is 20.0 Å². The number of carboxylic acids is 1. The lowest BCUT2D eigenvalue weighted by Crippen LogP contribution is -2.55. The Kier molecular flexibility index (Phi) is 8.14. The number of amides is 3. The van der Waals surface area contributed by atoms with Gasteiger partial charge in [0.15, 0.2) is 0 Å². The largest absolute Gasteiger partial charge is 0.480 e. The molecule has 0 saturated heterocycles. The summed E-state index contributed by atoms with van der Waals surface area (Å²) in [6.07, 6.45) is 1.94. The molecule has 2 aromatic rings. The van der Waals surface area contributed by atoms with Gasteiger partial charge in [0.2, 0.25) is 17.7 Å². The molecular formula is C21H29N5O5. The van der Waals surface area contributed by atoms with Crippen LogP contribution in [0.15, 0.2) is 30.5 Å². The Morgan fingerprint density at radius 2 is 1.74 bits per heavy atom. The van der Waals surface area contributed by atoms with Gasteiger partial charge in [0.05, 0.1) is 12.6 Å². The molecule has 0 aliphatic heterocycles. The summed E-state index contributed by atoms with van der Waals surface area (Å²) in [6.45, 7) is 4.49. The van der Waals surface area contributed by atoms with E-state index in [2.05, 4.69) is 20.9 Å². The van der Waals surface area contributed by atoms with Crippen LogP contribution in [-0.2, 0) is 25.6 Å². The monoisotopic (exact) mass is 431 g/mol. The zero-order chi connectivity index (χ0) is 23.1. The second-order valence-corrected chi connectivity index (χ2v) is 7.74. The summed E-state index contributed by atoms with van der Waals surface area (Å²) in [4.78, 5) is 51.1. The van der Waals surface area contributed by atoms with Crippen LogP contribution in [0.25, 0.3) is 10.9 Å². The van der Waals surface area contributed by atoms with E-state index in [0.29, 0.717) is 0 Å². The summed E-state index contributed by atoms with van der Waals surface area (Å²) in [6, 6.07) is 4.70. The van der Waals surface area contributed by atoms with E-state index in [1.165, 1.54) is 6.92 Å². The zero-order valence-corrected chi connectivity index (χ0v) is 17.8. The number of fused-ring (bicyclic) bond motifs is 1. The van der Waals surface area contributed by atoms with Gasteiger partial charge in [-0.15, -0.1) is 0 Å². The molecule has 10 heteroatoms. The minimum absolute atomic E-state index is 0.125. The van der Waals surface area contributed by atoms with Crippen LogP contribution in [0.3, 0.4) is 0 Å². The highest BCUT2D eigenvalue weighted by Crippen LogP contribution is 2.19. The molecule has 1 aromatic carbocycles. The number of nitrogens with one attached hydrogen (secondary N) is 4. The molecule has 10 nitrogen and oxygen atoms in total. The maximum atomic E-state index is 12.8. The number of hydrogen-bond acceptors (Lipinski definition) is 5. The van der Waals surface area contributed by atoms with Crippen LogP contribution in [-0.4, -0.2) is 58.5 Å². The fraction of sp³-hybridized carbons (Fsp3) is 0.429. The first kappa shape index (κ1) is 23.9. The van der Waals surface area contributed by atoms with Gasteiger partial charge in [-0.1, -0.05) is 32.0 Å². The molecule has 3 amide bonds. The van der Waals surface area contributed by atoms with Gasteiger partial charge in [0.25, 0.3) is 0 Å². The maximum absolute atomic E-state index is 12.8. The van der Waals surface area contributed by atoms with Crippen molar-refractivity contribution in [3.8, 4) is 0 Å². The van der Waals surface area contributed by atoms with E-state index >= 15 is 0 Å². The highest BCUT2D eigenvalue weighted by atomic mass is 16.4. The Hall–Kier alpha value is -3.40. The van der Waals surface area contributed by atoms with E-state index in [9.17, 15) is 19.2 Å². The van der Waals surface area contributed by atoms with Crippen molar-refractivity contribution >= 4 is 34.6 Å². The van der Waals surface area contributed by atoms with Crippen molar-refractivity contribution in [2.75, 3.05) is 6.54 Å². The molecule has 0 bridgehead atoms. The second kappa shape index (κ2) is 10.6. The Bertz CT molecular complexity index is 955. The first-order valence-corrected chi connectivity index (χ1v) is 10.0. The van der Waals surface area contributed by atoms with E-state index in [-0.39, 0.29) is 12.3 Å². The molecule has 168 valence electrons. The average Bonchev–Trinajstić information content (AvgIpc) is 3.13. The first-order valence-electron chi connectivity index (χ1n) is 10.0. The minimum Gasteiger partial charge on any atom is -0.480 e. The SMILES string of the molecule is CC(NC(=O)CNC(=O)C(Cc1c[nH]c2ccccc12)NC(=O)C(N)C(C)C)C(=O)O. The maximum Gasteiger partial charge on any atom is 0.325 e. The molecule has 0 aliphatic rings. The highest BCUT2D eigenvalue weighted by molar-refractivity contribution is 5.93. The molecule has 0 spiro atoms. The number of carbonyl (C=O) groups excluding carboxylic acids is 3.